The number of nitrogens with zero attached hydrogens (tertiary/aromatic N) is 2. The number of primary amides is 1. The van der Waals surface area contributed by atoms with Gasteiger partial charge in [-0.05, 0) is 12.0 Å². The van der Waals surface area contributed by atoms with E-state index >= 15 is 0 Å². The lowest BCUT2D eigenvalue weighted by atomic mass is 9.97. The molecule has 2 aliphatic heterocycles. The van der Waals surface area contributed by atoms with Crippen LogP contribution in [0.5, 0.6) is 0 Å². The molecule has 2 bridgehead atoms. The molecule has 11 nitrogen and oxygen atoms in total. The monoisotopic (exact) mass is 348 g/mol. The largest absolute Gasteiger partial charge is 0.418 e. The maximum atomic E-state index is 12.1. The second-order valence-corrected chi connectivity index (χ2v) is 6.11. The minimum absolute atomic E-state index is 0.0200. The van der Waals surface area contributed by atoms with Crippen molar-refractivity contribution in [2.75, 3.05) is 13.1 Å². The van der Waals surface area contributed by atoms with Gasteiger partial charge in [0.15, 0.2) is 0 Å². The van der Waals surface area contributed by atoms with Gasteiger partial charge in [-0.2, -0.15) is 13.5 Å². The van der Waals surface area contributed by atoms with Crippen LogP contribution in [0.15, 0.2) is 11.6 Å². The minimum atomic E-state index is -4.91. The molecule has 23 heavy (non-hydrogen) atoms. The Bertz CT molecular complexity index is 674. The number of nitrogens with two attached hydrogens (primary N) is 1. The standard InChI is InChI=1S/C11H16N4O7S/c1-6(16)13-3-2-7-4-8(10(12)17)14-5-9(7)15(11(14)18)22-23(19,20)21/h4,8-9H,2-3,5H2,1H3,(H2,12,17)(H,13,16)(H,19,20,21)/t8-,9+/m0/s1. The lowest BCUT2D eigenvalue weighted by Crippen LogP contribution is -2.46. The van der Waals surface area contributed by atoms with Crippen LogP contribution < -0.4 is 11.1 Å². The maximum absolute atomic E-state index is 12.1. The Morgan fingerprint density at radius 1 is 1.52 bits per heavy atom. The van der Waals surface area contributed by atoms with Crippen LogP contribution in [0.3, 0.4) is 0 Å². The van der Waals surface area contributed by atoms with E-state index < -0.39 is 34.4 Å². The average molecular weight is 348 g/mol. The number of urea groups is 1. The van der Waals surface area contributed by atoms with Crippen LogP contribution in [0, 0.1) is 0 Å². The van der Waals surface area contributed by atoms with Crippen LogP contribution in [0.1, 0.15) is 13.3 Å². The Kier molecular flexibility index (Phi) is 4.58. The van der Waals surface area contributed by atoms with E-state index in [0.717, 1.165) is 4.90 Å². The van der Waals surface area contributed by atoms with Gasteiger partial charge in [0.05, 0.1) is 6.54 Å². The molecular weight excluding hydrogens is 332 g/mol. The van der Waals surface area contributed by atoms with Crippen LogP contribution in [0.4, 0.5) is 4.79 Å². The fourth-order valence-electron chi connectivity index (χ4n) is 2.56. The SMILES string of the molecule is CC(=O)NCCC1=C[C@@H](C(N)=O)N2C[C@H]1N(OS(=O)(=O)O)C2=O. The van der Waals surface area contributed by atoms with Crippen molar-refractivity contribution < 1.29 is 31.6 Å². The number of hydrogen-bond acceptors (Lipinski definition) is 6. The van der Waals surface area contributed by atoms with E-state index in [0.29, 0.717) is 10.6 Å². The summed E-state index contributed by atoms with van der Waals surface area (Å²) >= 11 is 0. The molecule has 0 aromatic heterocycles. The van der Waals surface area contributed by atoms with Crippen molar-refractivity contribution >= 4 is 28.2 Å². The number of hydrogen-bond donors (Lipinski definition) is 3. The van der Waals surface area contributed by atoms with Crippen molar-refractivity contribution in [1.29, 1.82) is 0 Å². The molecule has 4 amide bonds. The first kappa shape index (κ1) is 17.2. The summed E-state index contributed by atoms with van der Waals surface area (Å²) < 4.78 is 34.9. The second-order valence-electron chi connectivity index (χ2n) is 5.10. The molecule has 2 aliphatic rings. The van der Waals surface area contributed by atoms with Gasteiger partial charge < -0.3 is 16.0 Å². The fraction of sp³-hybridized carbons (Fsp3) is 0.545. The molecule has 1 fully saturated rings. The summed E-state index contributed by atoms with van der Waals surface area (Å²) in [6.45, 7) is 1.53. The highest BCUT2D eigenvalue weighted by molar-refractivity contribution is 7.80. The smallest absolute Gasteiger partial charge is 0.368 e. The molecule has 0 radical (unpaired) electrons. The summed E-state index contributed by atoms with van der Waals surface area (Å²) in [6.07, 6.45) is 1.68. The molecule has 0 spiro atoms. The average Bonchev–Trinajstić information content (AvgIpc) is 2.65. The molecule has 0 aliphatic carbocycles. The van der Waals surface area contributed by atoms with Gasteiger partial charge in [-0.15, -0.1) is 4.28 Å². The molecule has 2 heterocycles. The highest BCUT2D eigenvalue weighted by atomic mass is 32.3. The molecule has 0 aromatic rings. The van der Waals surface area contributed by atoms with Gasteiger partial charge in [-0.1, -0.05) is 6.08 Å². The third kappa shape index (κ3) is 3.78. The number of fused-ring (bicyclic) bond motifs is 2. The first-order chi connectivity index (χ1) is 10.6. The van der Waals surface area contributed by atoms with Gasteiger partial charge in [0.2, 0.25) is 11.8 Å². The van der Waals surface area contributed by atoms with Crippen LogP contribution in [0.2, 0.25) is 0 Å². The predicted octanol–water partition coefficient (Wildman–Crippen LogP) is -1.85. The first-order valence-corrected chi connectivity index (χ1v) is 7.98. The van der Waals surface area contributed by atoms with E-state index in [9.17, 15) is 22.8 Å². The molecule has 2 rings (SSSR count). The molecule has 12 heteroatoms. The number of nitrogens with one attached hydrogen (secondary N) is 1. The zero-order valence-corrected chi connectivity index (χ0v) is 12.9. The molecule has 1 saturated heterocycles. The summed E-state index contributed by atoms with van der Waals surface area (Å²) in [5, 5.41) is 3.03. The van der Waals surface area contributed by atoms with Crippen LogP contribution >= 0.6 is 0 Å². The summed E-state index contributed by atoms with van der Waals surface area (Å²) in [7, 11) is -4.91. The topological polar surface area (TPSA) is 159 Å². The van der Waals surface area contributed by atoms with Gasteiger partial charge in [-0.3, -0.25) is 14.1 Å². The molecular formula is C11H16N4O7S. The zero-order valence-electron chi connectivity index (χ0n) is 12.1. The molecule has 0 saturated carbocycles. The van der Waals surface area contributed by atoms with E-state index in [4.69, 9.17) is 10.3 Å². The second kappa shape index (κ2) is 6.14. The molecule has 0 aromatic carbocycles. The van der Waals surface area contributed by atoms with Crippen molar-refractivity contribution in [3.05, 3.63) is 11.6 Å². The van der Waals surface area contributed by atoms with Crippen molar-refractivity contribution in [3.8, 4) is 0 Å². The zero-order chi connectivity index (χ0) is 17.4. The van der Waals surface area contributed by atoms with E-state index in [1.54, 1.807) is 0 Å². The Labute approximate surface area is 131 Å². The number of carbonyl (C=O) groups is 3. The Morgan fingerprint density at radius 3 is 2.70 bits per heavy atom. The maximum Gasteiger partial charge on any atom is 0.418 e. The van der Waals surface area contributed by atoms with Gasteiger partial charge in [0, 0.05) is 13.5 Å². The van der Waals surface area contributed by atoms with E-state index in [1.165, 1.54) is 13.0 Å². The summed E-state index contributed by atoms with van der Waals surface area (Å²) in [6, 6.07) is -2.77. The third-order valence-corrected chi connectivity index (χ3v) is 3.83. The van der Waals surface area contributed by atoms with Crippen molar-refractivity contribution in [2.24, 2.45) is 5.73 Å². The third-order valence-electron chi connectivity index (χ3n) is 3.48. The Morgan fingerprint density at radius 2 is 2.17 bits per heavy atom. The molecule has 128 valence electrons. The number of rotatable bonds is 6. The van der Waals surface area contributed by atoms with Gasteiger partial charge in [0.1, 0.15) is 12.1 Å². The lowest BCUT2D eigenvalue weighted by molar-refractivity contribution is -0.121. The van der Waals surface area contributed by atoms with Crippen molar-refractivity contribution in [3.63, 3.8) is 0 Å². The van der Waals surface area contributed by atoms with Gasteiger partial charge in [0.25, 0.3) is 0 Å². The van der Waals surface area contributed by atoms with Gasteiger partial charge in [-0.25, -0.2) is 4.79 Å². The Balaban J connectivity index is 2.26. The predicted molar refractivity (Wildman–Crippen MR) is 74.7 cm³/mol. The van der Waals surface area contributed by atoms with Crippen LogP contribution in [-0.4, -0.2) is 66.0 Å². The van der Waals surface area contributed by atoms with E-state index in [-0.39, 0.29) is 25.4 Å². The fourth-order valence-corrected chi connectivity index (χ4v) is 2.93. The highest BCUT2D eigenvalue weighted by Crippen LogP contribution is 2.32. The first-order valence-electron chi connectivity index (χ1n) is 6.61. The quantitative estimate of drug-likeness (QED) is 0.375. The van der Waals surface area contributed by atoms with Crippen LogP contribution in [-0.2, 0) is 24.3 Å². The highest BCUT2D eigenvalue weighted by Gasteiger charge is 2.49. The van der Waals surface area contributed by atoms with Crippen molar-refractivity contribution in [2.45, 2.75) is 25.4 Å². The van der Waals surface area contributed by atoms with E-state index in [2.05, 4.69) is 9.60 Å². The molecule has 0 unspecified atom stereocenters. The van der Waals surface area contributed by atoms with Crippen LogP contribution in [0.25, 0.3) is 0 Å². The Hall–Kier alpha value is -2.18. The normalized spacial score (nSPS) is 23.7. The number of carbonyl (C=O) groups excluding carboxylic acids is 3. The summed E-state index contributed by atoms with van der Waals surface area (Å²) in [5.41, 5.74) is 5.75. The number of hydroxylamine groups is 2. The van der Waals surface area contributed by atoms with E-state index in [1.807, 2.05) is 0 Å². The summed E-state index contributed by atoms with van der Waals surface area (Å²) in [4.78, 5) is 35.6. The van der Waals surface area contributed by atoms with Crippen molar-refractivity contribution in [1.82, 2.24) is 15.3 Å². The van der Waals surface area contributed by atoms with Gasteiger partial charge >= 0.3 is 16.4 Å². The number of amides is 4. The molecule has 4 N–H and O–H groups in total. The molecule has 2 atom stereocenters. The minimum Gasteiger partial charge on any atom is -0.368 e. The lowest BCUT2D eigenvalue weighted by Gasteiger charge is -2.27. The summed E-state index contributed by atoms with van der Waals surface area (Å²) in [5.74, 6) is -1.05.